The molecule has 3 rings (SSSR count). The van der Waals surface area contributed by atoms with Gasteiger partial charge in [0.15, 0.2) is 6.61 Å². The number of rotatable bonds is 7. The van der Waals surface area contributed by atoms with Crippen molar-refractivity contribution in [2.75, 3.05) is 17.2 Å². The second-order valence-corrected chi connectivity index (χ2v) is 7.73. The Morgan fingerprint density at radius 3 is 2.38 bits per heavy atom. The smallest absolute Gasteiger partial charge is 0.329 e. The van der Waals surface area contributed by atoms with E-state index in [1.54, 1.807) is 54.6 Å². The lowest BCUT2D eigenvalue weighted by atomic mass is 10.2. The van der Waals surface area contributed by atoms with Gasteiger partial charge >= 0.3 is 11.8 Å². The van der Waals surface area contributed by atoms with Gasteiger partial charge in [-0.25, -0.2) is 5.43 Å². The van der Waals surface area contributed by atoms with Gasteiger partial charge in [0.25, 0.3) is 5.91 Å². The van der Waals surface area contributed by atoms with Crippen LogP contribution in [0.1, 0.15) is 11.1 Å². The van der Waals surface area contributed by atoms with Crippen LogP contribution in [0.2, 0.25) is 10.0 Å². The van der Waals surface area contributed by atoms with Crippen LogP contribution >= 0.6 is 23.2 Å². The molecule has 3 N–H and O–H groups in total. The number of ether oxygens (including phenoxy) is 1. The number of benzene rings is 3. The number of hydrazone groups is 1. The number of aryl methyl sites for hydroxylation is 1. The van der Waals surface area contributed by atoms with Crippen molar-refractivity contribution in [3.63, 3.8) is 0 Å². The molecule has 0 bridgehead atoms. The van der Waals surface area contributed by atoms with Gasteiger partial charge in [-0.15, -0.1) is 0 Å². The van der Waals surface area contributed by atoms with Crippen molar-refractivity contribution in [2.24, 2.45) is 5.10 Å². The molecule has 0 saturated carbocycles. The maximum atomic E-state index is 12.2. The molecule has 34 heavy (non-hydrogen) atoms. The fraction of sp³-hybridized carbons (Fsp3) is 0.0833. The number of hydrogen-bond acceptors (Lipinski definition) is 5. The lowest BCUT2D eigenvalue weighted by Crippen LogP contribution is -2.32. The van der Waals surface area contributed by atoms with Crippen molar-refractivity contribution in [1.29, 1.82) is 0 Å². The summed E-state index contributed by atoms with van der Waals surface area (Å²) in [6, 6.07) is 18.7. The summed E-state index contributed by atoms with van der Waals surface area (Å²) in [6.45, 7) is 1.51. The molecule has 0 aromatic heterocycles. The van der Waals surface area contributed by atoms with Crippen molar-refractivity contribution in [3.05, 3.63) is 87.9 Å². The monoisotopic (exact) mass is 498 g/mol. The number of hydrogen-bond donors (Lipinski definition) is 3. The first-order valence-corrected chi connectivity index (χ1v) is 10.8. The molecule has 3 aromatic carbocycles. The predicted octanol–water partition coefficient (Wildman–Crippen LogP) is 4.41. The Morgan fingerprint density at radius 2 is 1.59 bits per heavy atom. The number of amides is 3. The lowest BCUT2D eigenvalue weighted by molar-refractivity contribution is -0.136. The number of halogens is 2. The van der Waals surface area contributed by atoms with Gasteiger partial charge in [0.2, 0.25) is 0 Å². The van der Waals surface area contributed by atoms with Crippen LogP contribution in [0.25, 0.3) is 0 Å². The third kappa shape index (κ3) is 6.81. The zero-order chi connectivity index (χ0) is 24.5. The average Bonchev–Trinajstić information content (AvgIpc) is 2.82. The molecule has 10 heteroatoms. The highest BCUT2D eigenvalue weighted by molar-refractivity contribution is 6.44. The molecule has 3 amide bonds. The van der Waals surface area contributed by atoms with Crippen molar-refractivity contribution in [1.82, 2.24) is 5.43 Å². The Hall–Kier alpha value is -3.88. The molecule has 0 aliphatic rings. The Kier molecular flexibility index (Phi) is 8.61. The summed E-state index contributed by atoms with van der Waals surface area (Å²) >= 11 is 12.0. The molecule has 3 aromatic rings. The third-order valence-corrected chi connectivity index (χ3v) is 5.29. The van der Waals surface area contributed by atoms with E-state index in [4.69, 9.17) is 27.9 Å². The van der Waals surface area contributed by atoms with Gasteiger partial charge in [0.1, 0.15) is 5.75 Å². The van der Waals surface area contributed by atoms with E-state index in [0.717, 1.165) is 5.56 Å². The van der Waals surface area contributed by atoms with Crippen LogP contribution in [0.4, 0.5) is 11.4 Å². The van der Waals surface area contributed by atoms with Gasteiger partial charge in [0, 0.05) is 11.3 Å². The number of nitrogens with zero attached hydrogens (tertiary/aromatic N) is 1. The lowest BCUT2D eigenvalue weighted by Gasteiger charge is -2.11. The molecule has 0 saturated heterocycles. The molecule has 174 valence electrons. The highest BCUT2D eigenvalue weighted by atomic mass is 35.5. The van der Waals surface area contributed by atoms with Gasteiger partial charge in [-0.05, 0) is 42.8 Å². The number of nitrogens with one attached hydrogen (secondary N) is 3. The molecule has 8 nitrogen and oxygen atoms in total. The minimum atomic E-state index is -0.935. The first-order valence-electron chi connectivity index (χ1n) is 10.0. The van der Waals surface area contributed by atoms with Crippen LogP contribution < -0.4 is 20.8 Å². The molecule has 0 atom stereocenters. The predicted molar refractivity (Wildman–Crippen MR) is 133 cm³/mol. The molecule has 0 heterocycles. The number of carbonyl (C=O) groups is 3. The quantitative estimate of drug-likeness (QED) is 0.254. The van der Waals surface area contributed by atoms with E-state index >= 15 is 0 Å². The zero-order valence-electron chi connectivity index (χ0n) is 18.0. The van der Waals surface area contributed by atoms with E-state index in [0.29, 0.717) is 27.7 Å². The van der Waals surface area contributed by atoms with Crippen LogP contribution in [0, 0.1) is 6.92 Å². The summed E-state index contributed by atoms with van der Waals surface area (Å²) in [5.41, 5.74) is 4.36. The SMILES string of the molecule is Cc1ccccc1NC(=O)C(=O)N/N=C\c1ccccc1OCC(=O)Nc1cccc(Cl)c1Cl. The van der Waals surface area contributed by atoms with E-state index in [-0.39, 0.29) is 11.6 Å². The second-order valence-electron chi connectivity index (χ2n) is 6.94. The fourth-order valence-corrected chi connectivity index (χ4v) is 3.10. The van der Waals surface area contributed by atoms with Crippen LogP contribution in [-0.2, 0) is 14.4 Å². The summed E-state index contributed by atoms with van der Waals surface area (Å²) in [5.74, 6) is -1.89. The molecule has 0 unspecified atom stereocenters. The van der Waals surface area contributed by atoms with Gasteiger partial charge in [-0.1, -0.05) is 59.6 Å². The van der Waals surface area contributed by atoms with Crippen LogP contribution in [0.5, 0.6) is 5.75 Å². The first kappa shape index (κ1) is 24.8. The molecular weight excluding hydrogens is 479 g/mol. The molecular formula is C24H20Cl2N4O4. The number of para-hydroxylation sites is 2. The van der Waals surface area contributed by atoms with Crippen molar-refractivity contribution in [2.45, 2.75) is 6.92 Å². The van der Waals surface area contributed by atoms with Crippen molar-refractivity contribution in [3.8, 4) is 5.75 Å². The third-order valence-electron chi connectivity index (χ3n) is 4.47. The van der Waals surface area contributed by atoms with E-state index in [9.17, 15) is 14.4 Å². The summed E-state index contributed by atoms with van der Waals surface area (Å²) in [7, 11) is 0. The molecule has 0 spiro atoms. The Labute approximate surface area is 205 Å². The van der Waals surface area contributed by atoms with Crippen molar-refractivity contribution >= 4 is 58.5 Å². The van der Waals surface area contributed by atoms with Crippen LogP contribution in [-0.4, -0.2) is 30.5 Å². The van der Waals surface area contributed by atoms with Crippen molar-refractivity contribution < 1.29 is 19.1 Å². The average molecular weight is 499 g/mol. The molecule has 0 aliphatic heterocycles. The van der Waals surface area contributed by atoms with Crippen LogP contribution in [0.15, 0.2) is 71.8 Å². The van der Waals surface area contributed by atoms with Gasteiger partial charge < -0.3 is 15.4 Å². The Bertz CT molecular complexity index is 1250. The van der Waals surface area contributed by atoms with E-state index in [1.165, 1.54) is 6.21 Å². The van der Waals surface area contributed by atoms with E-state index in [2.05, 4.69) is 21.2 Å². The largest absolute Gasteiger partial charge is 0.483 e. The van der Waals surface area contributed by atoms with Crippen LogP contribution in [0.3, 0.4) is 0 Å². The highest BCUT2D eigenvalue weighted by Crippen LogP contribution is 2.29. The fourth-order valence-electron chi connectivity index (χ4n) is 2.75. The maximum Gasteiger partial charge on any atom is 0.329 e. The minimum absolute atomic E-state index is 0.229. The van der Waals surface area contributed by atoms with Gasteiger partial charge in [-0.3, -0.25) is 14.4 Å². The normalized spacial score (nSPS) is 10.6. The first-order chi connectivity index (χ1) is 16.3. The number of carbonyl (C=O) groups excluding carboxylic acids is 3. The number of anilines is 2. The van der Waals surface area contributed by atoms with E-state index in [1.807, 2.05) is 19.1 Å². The second kappa shape index (κ2) is 11.8. The Balaban J connectivity index is 1.55. The summed E-state index contributed by atoms with van der Waals surface area (Å²) in [4.78, 5) is 36.3. The highest BCUT2D eigenvalue weighted by Gasteiger charge is 2.14. The topological polar surface area (TPSA) is 109 Å². The van der Waals surface area contributed by atoms with E-state index < -0.39 is 17.7 Å². The summed E-state index contributed by atoms with van der Waals surface area (Å²) in [6.07, 6.45) is 1.31. The zero-order valence-corrected chi connectivity index (χ0v) is 19.5. The molecule has 0 radical (unpaired) electrons. The van der Waals surface area contributed by atoms with Gasteiger partial charge in [0.05, 0.1) is 21.9 Å². The standard InChI is InChI=1S/C24H20Cl2N4O4/c1-15-7-2-4-10-18(15)29-23(32)24(33)30-27-13-16-8-3-5-12-20(16)34-14-21(31)28-19-11-6-9-17(25)22(19)26/h2-13H,14H2,1H3,(H,28,31)(H,29,32)(H,30,33)/b27-13-. The summed E-state index contributed by atoms with van der Waals surface area (Å²) in [5, 5.41) is 9.49. The summed E-state index contributed by atoms with van der Waals surface area (Å²) < 4.78 is 5.57. The molecule has 0 aliphatic carbocycles. The minimum Gasteiger partial charge on any atom is -0.483 e. The van der Waals surface area contributed by atoms with Gasteiger partial charge in [-0.2, -0.15) is 5.10 Å². The molecule has 0 fully saturated rings. The maximum absolute atomic E-state index is 12.2. The Morgan fingerprint density at radius 1 is 0.882 bits per heavy atom.